The summed E-state index contributed by atoms with van der Waals surface area (Å²) < 4.78 is 5.33. The van der Waals surface area contributed by atoms with Gasteiger partial charge in [-0.3, -0.25) is 0 Å². The predicted octanol–water partition coefficient (Wildman–Crippen LogP) is 2.84. The van der Waals surface area contributed by atoms with E-state index in [0.717, 1.165) is 12.8 Å². The summed E-state index contributed by atoms with van der Waals surface area (Å²) in [5, 5.41) is 10.6. The molecule has 0 saturated carbocycles. The molecule has 0 fully saturated rings. The van der Waals surface area contributed by atoms with E-state index in [1.165, 1.54) is 0 Å². The molecule has 0 aliphatic rings. The molecule has 18 heavy (non-hydrogen) atoms. The fourth-order valence-electron chi connectivity index (χ4n) is 1.91. The standard InChI is InChI=1S/C13H23N3O2/c1-7-8-13(5,6)10-9(14-16-15-10)11(17)18-12(2,3)4/h7-8H2,1-6H3,(H,14,15,16). The smallest absolute Gasteiger partial charge is 0.361 e. The maximum Gasteiger partial charge on any atom is 0.361 e. The van der Waals surface area contributed by atoms with Gasteiger partial charge >= 0.3 is 5.97 Å². The Balaban J connectivity index is 2.99. The van der Waals surface area contributed by atoms with Crippen LogP contribution in [0.15, 0.2) is 0 Å². The Morgan fingerprint density at radius 3 is 2.33 bits per heavy atom. The number of rotatable bonds is 4. The number of nitrogens with zero attached hydrogens (tertiary/aromatic N) is 2. The maximum absolute atomic E-state index is 12.0. The molecule has 0 spiro atoms. The third kappa shape index (κ3) is 3.55. The molecule has 0 aliphatic carbocycles. The van der Waals surface area contributed by atoms with E-state index in [-0.39, 0.29) is 5.41 Å². The average molecular weight is 253 g/mol. The van der Waals surface area contributed by atoms with Crippen molar-refractivity contribution >= 4 is 5.97 Å². The number of aromatic nitrogens is 3. The number of nitrogens with one attached hydrogen (secondary N) is 1. The Bertz CT molecular complexity index is 416. The third-order valence-electron chi connectivity index (χ3n) is 2.66. The fourth-order valence-corrected chi connectivity index (χ4v) is 1.91. The Morgan fingerprint density at radius 2 is 1.83 bits per heavy atom. The Kier molecular flexibility index (Phi) is 4.14. The van der Waals surface area contributed by atoms with Gasteiger partial charge in [0.2, 0.25) is 0 Å². The molecule has 1 rings (SSSR count). The van der Waals surface area contributed by atoms with Gasteiger partial charge in [0.25, 0.3) is 0 Å². The first-order chi connectivity index (χ1) is 8.17. The van der Waals surface area contributed by atoms with Crippen molar-refractivity contribution in [2.45, 2.75) is 65.4 Å². The van der Waals surface area contributed by atoms with E-state index in [9.17, 15) is 4.79 Å². The van der Waals surface area contributed by atoms with E-state index < -0.39 is 11.6 Å². The van der Waals surface area contributed by atoms with E-state index in [2.05, 4.69) is 36.2 Å². The highest BCUT2D eigenvalue weighted by atomic mass is 16.6. The lowest BCUT2D eigenvalue weighted by atomic mass is 9.83. The number of ether oxygens (including phenoxy) is 1. The quantitative estimate of drug-likeness (QED) is 0.838. The minimum absolute atomic E-state index is 0.187. The maximum atomic E-state index is 12.0. The second-order valence-corrected chi connectivity index (χ2v) is 6.16. The molecule has 0 atom stereocenters. The topological polar surface area (TPSA) is 67.9 Å². The van der Waals surface area contributed by atoms with Crippen molar-refractivity contribution < 1.29 is 9.53 Å². The van der Waals surface area contributed by atoms with Gasteiger partial charge in [-0.1, -0.05) is 27.2 Å². The number of hydrogen-bond acceptors (Lipinski definition) is 4. The van der Waals surface area contributed by atoms with Crippen LogP contribution in [0.2, 0.25) is 0 Å². The summed E-state index contributed by atoms with van der Waals surface area (Å²) in [6.45, 7) is 11.7. The number of carbonyl (C=O) groups is 1. The summed E-state index contributed by atoms with van der Waals surface area (Å²) >= 11 is 0. The van der Waals surface area contributed by atoms with Crippen LogP contribution in [-0.2, 0) is 10.2 Å². The molecular formula is C13H23N3O2. The van der Waals surface area contributed by atoms with Crippen LogP contribution in [-0.4, -0.2) is 27.0 Å². The molecule has 1 N–H and O–H groups in total. The molecule has 5 nitrogen and oxygen atoms in total. The van der Waals surface area contributed by atoms with E-state index in [4.69, 9.17) is 4.74 Å². The van der Waals surface area contributed by atoms with Crippen molar-refractivity contribution in [2.24, 2.45) is 0 Å². The highest BCUT2D eigenvalue weighted by Gasteiger charge is 2.32. The van der Waals surface area contributed by atoms with E-state index in [1.807, 2.05) is 20.8 Å². The summed E-state index contributed by atoms with van der Waals surface area (Å²) in [4.78, 5) is 12.0. The summed E-state index contributed by atoms with van der Waals surface area (Å²) in [7, 11) is 0. The second-order valence-electron chi connectivity index (χ2n) is 6.16. The van der Waals surface area contributed by atoms with Gasteiger partial charge in [0.05, 0.1) is 0 Å². The van der Waals surface area contributed by atoms with Crippen molar-refractivity contribution in [1.82, 2.24) is 15.4 Å². The fraction of sp³-hybridized carbons (Fsp3) is 0.769. The summed E-state index contributed by atoms with van der Waals surface area (Å²) in [6, 6.07) is 0. The summed E-state index contributed by atoms with van der Waals surface area (Å²) in [5.41, 5.74) is 0.262. The van der Waals surface area contributed by atoms with Crippen LogP contribution in [0.1, 0.15) is 70.6 Å². The molecule has 0 unspecified atom stereocenters. The largest absolute Gasteiger partial charge is 0.455 e. The minimum Gasteiger partial charge on any atom is -0.455 e. The van der Waals surface area contributed by atoms with Crippen LogP contribution in [0.4, 0.5) is 0 Å². The van der Waals surface area contributed by atoms with Crippen molar-refractivity contribution in [3.8, 4) is 0 Å². The zero-order valence-electron chi connectivity index (χ0n) is 12.1. The molecule has 0 aliphatic heterocycles. The van der Waals surface area contributed by atoms with Gasteiger partial charge in [-0.2, -0.15) is 10.3 Å². The van der Waals surface area contributed by atoms with Gasteiger partial charge in [0, 0.05) is 5.41 Å². The van der Waals surface area contributed by atoms with Crippen LogP contribution < -0.4 is 0 Å². The first-order valence-corrected chi connectivity index (χ1v) is 6.32. The highest BCUT2D eigenvalue weighted by Crippen LogP contribution is 2.29. The predicted molar refractivity (Wildman–Crippen MR) is 69.5 cm³/mol. The molecular weight excluding hydrogens is 230 g/mol. The van der Waals surface area contributed by atoms with Gasteiger partial charge < -0.3 is 4.74 Å². The lowest BCUT2D eigenvalue weighted by Crippen LogP contribution is -2.27. The second kappa shape index (κ2) is 5.08. The van der Waals surface area contributed by atoms with Crippen molar-refractivity contribution in [1.29, 1.82) is 0 Å². The van der Waals surface area contributed by atoms with Gasteiger partial charge in [0.1, 0.15) is 11.3 Å². The molecule has 0 bridgehead atoms. The number of esters is 1. The zero-order chi connectivity index (χ0) is 14.0. The van der Waals surface area contributed by atoms with E-state index >= 15 is 0 Å². The molecule has 5 heteroatoms. The van der Waals surface area contributed by atoms with Crippen LogP contribution in [0.3, 0.4) is 0 Å². The zero-order valence-corrected chi connectivity index (χ0v) is 12.1. The number of carbonyl (C=O) groups excluding carboxylic acids is 1. The summed E-state index contributed by atoms with van der Waals surface area (Å²) in [5.74, 6) is -0.421. The van der Waals surface area contributed by atoms with Crippen molar-refractivity contribution in [3.63, 3.8) is 0 Å². The van der Waals surface area contributed by atoms with Crippen molar-refractivity contribution in [3.05, 3.63) is 11.4 Å². The number of hydrogen-bond donors (Lipinski definition) is 1. The van der Waals surface area contributed by atoms with Crippen LogP contribution in [0, 0.1) is 0 Å². The number of H-pyrrole nitrogens is 1. The van der Waals surface area contributed by atoms with Gasteiger partial charge in [-0.05, 0) is 27.2 Å². The van der Waals surface area contributed by atoms with E-state index in [1.54, 1.807) is 0 Å². The monoisotopic (exact) mass is 253 g/mol. The molecule has 1 aromatic rings. The van der Waals surface area contributed by atoms with E-state index in [0.29, 0.717) is 11.4 Å². The molecule has 0 radical (unpaired) electrons. The Morgan fingerprint density at radius 1 is 1.22 bits per heavy atom. The van der Waals surface area contributed by atoms with Crippen LogP contribution in [0.25, 0.3) is 0 Å². The van der Waals surface area contributed by atoms with Crippen molar-refractivity contribution in [2.75, 3.05) is 0 Å². The van der Waals surface area contributed by atoms with Gasteiger partial charge in [0.15, 0.2) is 5.69 Å². The molecule has 1 aromatic heterocycles. The molecule has 1 heterocycles. The van der Waals surface area contributed by atoms with Gasteiger partial charge in [-0.25, -0.2) is 4.79 Å². The lowest BCUT2D eigenvalue weighted by molar-refractivity contribution is 0.00598. The Labute approximate surface area is 108 Å². The van der Waals surface area contributed by atoms with Gasteiger partial charge in [-0.15, -0.1) is 5.10 Å². The molecule has 0 aromatic carbocycles. The molecule has 0 saturated heterocycles. The lowest BCUT2D eigenvalue weighted by Gasteiger charge is -2.23. The Hall–Kier alpha value is -1.39. The van der Waals surface area contributed by atoms with Crippen LogP contribution in [0.5, 0.6) is 0 Å². The molecule has 0 amide bonds. The number of aromatic amines is 1. The summed E-state index contributed by atoms with van der Waals surface area (Å²) in [6.07, 6.45) is 1.96. The average Bonchev–Trinajstić information content (AvgIpc) is 2.63. The normalized spacial score (nSPS) is 12.6. The highest BCUT2D eigenvalue weighted by molar-refractivity contribution is 5.88. The first kappa shape index (κ1) is 14.7. The first-order valence-electron chi connectivity index (χ1n) is 6.32. The van der Waals surface area contributed by atoms with Crippen LogP contribution >= 0.6 is 0 Å². The SMILES string of the molecule is CCCC(C)(C)c1n[nH]nc1C(=O)OC(C)(C)C. The molecule has 102 valence electrons. The third-order valence-corrected chi connectivity index (χ3v) is 2.66. The minimum atomic E-state index is -0.526.